The number of carbonyl (C=O) groups excluding carboxylic acids is 1. The SMILES string of the molecule is O=C(O)C1CN(C(=O)c2cc(Br)cc([N+](=O)[O-])c2)CCO1. The van der Waals surface area contributed by atoms with E-state index < -0.39 is 22.9 Å². The summed E-state index contributed by atoms with van der Waals surface area (Å²) < 4.78 is 5.44. The van der Waals surface area contributed by atoms with Gasteiger partial charge in [0.1, 0.15) is 0 Å². The first kappa shape index (κ1) is 15.4. The summed E-state index contributed by atoms with van der Waals surface area (Å²) in [5.41, 5.74) is -0.0853. The van der Waals surface area contributed by atoms with E-state index in [1.54, 1.807) is 0 Å². The average Bonchev–Trinajstić information content (AvgIpc) is 2.45. The van der Waals surface area contributed by atoms with Gasteiger partial charge in [-0.1, -0.05) is 15.9 Å². The maximum Gasteiger partial charge on any atom is 0.334 e. The van der Waals surface area contributed by atoms with Crippen LogP contribution in [0.1, 0.15) is 10.4 Å². The van der Waals surface area contributed by atoms with E-state index >= 15 is 0 Å². The van der Waals surface area contributed by atoms with Crippen molar-refractivity contribution >= 4 is 33.5 Å². The number of ether oxygens (including phenoxy) is 1. The summed E-state index contributed by atoms with van der Waals surface area (Å²) in [5, 5.41) is 19.7. The molecule has 0 bridgehead atoms. The molecule has 1 aliphatic rings. The minimum absolute atomic E-state index is 0.0888. The normalized spacial score (nSPS) is 18.3. The Bertz CT molecular complexity index is 605. The van der Waals surface area contributed by atoms with Gasteiger partial charge in [-0.05, 0) is 6.07 Å². The maximum absolute atomic E-state index is 12.3. The van der Waals surface area contributed by atoms with Gasteiger partial charge in [0.15, 0.2) is 6.10 Å². The Morgan fingerprint density at radius 1 is 1.43 bits per heavy atom. The Balaban J connectivity index is 2.23. The number of rotatable bonds is 3. The van der Waals surface area contributed by atoms with Crippen molar-refractivity contribution in [2.24, 2.45) is 0 Å². The molecule has 1 atom stereocenters. The van der Waals surface area contributed by atoms with Crippen LogP contribution in [0.15, 0.2) is 22.7 Å². The largest absolute Gasteiger partial charge is 0.479 e. The molecule has 1 heterocycles. The summed E-state index contributed by atoms with van der Waals surface area (Å²) in [6.45, 7) is 0.260. The van der Waals surface area contributed by atoms with Crippen LogP contribution in [0, 0.1) is 10.1 Å². The fourth-order valence-electron chi connectivity index (χ4n) is 1.97. The molecule has 9 heteroatoms. The second-order valence-electron chi connectivity index (χ2n) is 4.40. The molecule has 1 fully saturated rings. The maximum atomic E-state index is 12.3. The van der Waals surface area contributed by atoms with Crippen LogP contribution in [0.4, 0.5) is 5.69 Å². The molecule has 1 unspecified atom stereocenters. The Labute approximate surface area is 127 Å². The van der Waals surface area contributed by atoms with Gasteiger partial charge in [0.2, 0.25) is 0 Å². The predicted molar refractivity (Wildman–Crippen MR) is 74.1 cm³/mol. The van der Waals surface area contributed by atoms with E-state index in [0.29, 0.717) is 4.47 Å². The van der Waals surface area contributed by atoms with Gasteiger partial charge in [-0.2, -0.15) is 0 Å². The van der Waals surface area contributed by atoms with Crippen LogP contribution in [-0.4, -0.2) is 52.6 Å². The van der Waals surface area contributed by atoms with Crippen molar-refractivity contribution in [2.45, 2.75) is 6.10 Å². The lowest BCUT2D eigenvalue weighted by Gasteiger charge is -2.30. The molecule has 1 N–H and O–H groups in total. The van der Waals surface area contributed by atoms with Crippen LogP contribution in [0.2, 0.25) is 0 Å². The number of nitro groups is 1. The number of amides is 1. The van der Waals surface area contributed by atoms with Crippen molar-refractivity contribution in [1.82, 2.24) is 4.90 Å². The van der Waals surface area contributed by atoms with E-state index in [0.717, 1.165) is 0 Å². The smallest absolute Gasteiger partial charge is 0.334 e. The molecule has 112 valence electrons. The van der Waals surface area contributed by atoms with Gasteiger partial charge in [-0.3, -0.25) is 14.9 Å². The first-order valence-electron chi connectivity index (χ1n) is 5.97. The summed E-state index contributed by atoms with van der Waals surface area (Å²) in [6.07, 6.45) is -1.08. The standard InChI is InChI=1S/C12H11BrN2O6/c13-8-3-7(4-9(5-8)15(19)20)11(16)14-1-2-21-10(6-14)12(17)18/h3-5,10H,1-2,6H2,(H,17,18). The fraction of sp³-hybridized carbons (Fsp3) is 0.333. The second kappa shape index (κ2) is 6.19. The molecule has 1 aliphatic heterocycles. The summed E-state index contributed by atoms with van der Waals surface area (Å²) in [7, 11) is 0. The van der Waals surface area contributed by atoms with E-state index in [2.05, 4.69) is 15.9 Å². The lowest BCUT2D eigenvalue weighted by atomic mass is 10.1. The number of non-ortho nitro benzene ring substituents is 1. The predicted octanol–water partition coefficient (Wildman–Crippen LogP) is 1.28. The number of carbonyl (C=O) groups is 2. The third-order valence-electron chi connectivity index (χ3n) is 2.97. The van der Waals surface area contributed by atoms with Crippen molar-refractivity contribution in [3.05, 3.63) is 38.3 Å². The summed E-state index contributed by atoms with van der Waals surface area (Å²) >= 11 is 3.11. The molecule has 8 nitrogen and oxygen atoms in total. The highest BCUT2D eigenvalue weighted by Gasteiger charge is 2.30. The Hall–Kier alpha value is -2.00. The quantitative estimate of drug-likeness (QED) is 0.643. The number of hydrogen-bond acceptors (Lipinski definition) is 5. The van der Waals surface area contributed by atoms with Gasteiger partial charge in [0.25, 0.3) is 11.6 Å². The van der Waals surface area contributed by atoms with Crippen molar-refractivity contribution < 1.29 is 24.4 Å². The molecule has 1 amide bonds. The minimum Gasteiger partial charge on any atom is -0.479 e. The number of hydrogen-bond donors (Lipinski definition) is 1. The molecular weight excluding hydrogens is 348 g/mol. The van der Waals surface area contributed by atoms with Crippen molar-refractivity contribution in [1.29, 1.82) is 0 Å². The van der Waals surface area contributed by atoms with Crippen molar-refractivity contribution in [3.8, 4) is 0 Å². The van der Waals surface area contributed by atoms with E-state index in [4.69, 9.17) is 9.84 Å². The molecule has 21 heavy (non-hydrogen) atoms. The number of carboxylic acid groups (broad SMARTS) is 1. The molecule has 0 aliphatic carbocycles. The number of carboxylic acids is 1. The van der Waals surface area contributed by atoms with Gasteiger partial charge >= 0.3 is 5.97 Å². The molecule has 0 spiro atoms. The molecule has 2 rings (SSSR count). The molecule has 1 aromatic rings. The zero-order valence-corrected chi connectivity index (χ0v) is 12.3. The number of nitro benzene ring substituents is 1. The van der Waals surface area contributed by atoms with Gasteiger partial charge in [0, 0.05) is 28.7 Å². The Kier molecular flexibility index (Phi) is 4.53. The number of benzene rings is 1. The molecule has 0 saturated carbocycles. The molecule has 1 aromatic carbocycles. The van der Waals surface area contributed by atoms with E-state index in [1.165, 1.54) is 23.1 Å². The third-order valence-corrected chi connectivity index (χ3v) is 3.43. The van der Waals surface area contributed by atoms with Crippen LogP contribution in [0.5, 0.6) is 0 Å². The summed E-state index contributed by atoms with van der Waals surface area (Å²) in [4.78, 5) is 34.8. The van der Waals surface area contributed by atoms with Crippen LogP contribution in [0.3, 0.4) is 0 Å². The lowest BCUT2D eigenvalue weighted by Crippen LogP contribution is -2.48. The lowest BCUT2D eigenvalue weighted by molar-refractivity contribution is -0.385. The molecule has 0 aromatic heterocycles. The summed E-state index contributed by atoms with van der Waals surface area (Å²) in [6, 6.07) is 3.91. The highest BCUT2D eigenvalue weighted by molar-refractivity contribution is 9.10. The molecule has 1 saturated heterocycles. The zero-order chi connectivity index (χ0) is 15.6. The highest BCUT2D eigenvalue weighted by atomic mass is 79.9. The number of nitrogens with zero attached hydrogens (tertiary/aromatic N) is 2. The number of morpholine rings is 1. The fourth-order valence-corrected chi connectivity index (χ4v) is 2.45. The first-order chi connectivity index (χ1) is 9.88. The van der Waals surface area contributed by atoms with Crippen LogP contribution in [-0.2, 0) is 9.53 Å². The van der Waals surface area contributed by atoms with Crippen LogP contribution >= 0.6 is 15.9 Å². The number of aliphatic carboxylic acids is 1. The third kappa shape index (κ3) is 3.56. The number of halogens is 1. The second-order valence-corrected chi connectivity index (χ2v) is 5.32. The molecule has 0 radical (unpaired) electrons. The Morgan fingerprint density at radius 3 is 2.76 bits per heavy atom. The van der Waals surface area contributed by atoms with Crippen molar-refractivity contribution in [2.75, 3.05) is 19.7 Å². The van der Waals surface area contributed by atoms with E-state index in [9.17, 15) is 19.7 Å². The van der Waals surface area contributed by atoms with Gasteiger partial charge in [-0.15, -0.1) is 0 Å². The monoisotopic (exact) mass is 358 g/mol. The first-order valence-corrected chi connectivity index (χ1v) is 6.76. The minimum atomic E-state index is -1.15. The van der Waals surface area contributed by atoms with Gasteiger partial charge in [-0.25, -0.2) is 4.79 Å². The average molecular weight is 359 g/mol. The van der Waals surface area contributed by atoms with Crippen molar-refractivity contribution in [3.63, 3.8) is 0 Å². The highest BCUT2D eigenvalue weighted by Crippen LogP contribution is 2.23. The van der Waals surface area contributed by atoms with Crippen LogP contribution in [0.25, 0.3) is 0 Å². The van der Waals surface area contributed by atoms with E-state index in [1.807, 2.05) is 0 Å². The van der Waals surface area contributed by atoms with E-state index in [-0.39, 0.29) is 30.9 Å². The topological polar surface area (TPSA) is 110 Å². The molecular formula is C12H11BrN2O6. The summed E-state index contributed by atoms with van der Waals surface area (Å²) in [5.74, 6) is -1.61. The zero-order valence-electron chi connectivity index (χ0n) is 10.7. The van der Waals surface area contributed by atoms with Crippen LogP contribution < -0.4 is 0 Å². The van der Waals surface area contributed by atoms with Gasteiger partial charge < -0.3 is 14.7 Å². The van der Waals surface area contributed by atoms with Gasteiger partial charge in [0.05, 0.1) is 18.1 Å². The Morgan fingerprint density at radius 2 is 2.14 bits per heavy atom.